The Kier molecular flexibility index (Phi) is 7.66. The van der Waals surface area contributed by atoms with Crippen LogP contribution in [0.5, 0.6) is 5.75 Å². The lowest BCUT2D eigenvalue weighted by atomic mass is 10.2. The molecule has 2 aromatic carbocycles. The Bertz CT molecular complexity index is 1410. The van der Waals surface area contributed by atoms with Crippen molar-refractivity contribution in [2.75, 3.05) is 0 Å². The van der Waals surface area contributed by atoms with Crippen LogP contribution in [0, 0.1) is 0 Å². The predicted molar refractivity (Wildman–Crippen MR) is 134 cm³/mol. The Morgan fingerprint density at radius 1 is 1.00 bits per heavy atom. The number of rotatable bonds is 5. The molecule has 2 aromatic heterocycles. The van der Waals surface area contributed by atoms with Crippen LogP contribution < -0.4 is 10.1 Å². The van der Waals surface area contributed by atoms with Gasteiger partial charge in [-0.3, -0.25) is 14.3 Å². The summed E-state index contributed by atoms with van der Waals surface area (Å²) in [6.07, 6.45) is 5.36. The molecule has 1 aliphatic rings. The number of hydrogen-bond donors (Lipinski definition) is 3. The van der Waals surface area contributed by atoms with Crippen LogP contribution in [0.15, 0.2) is 96.4 Å². The van der Waals surface area contributed by atoms with Gasteiger partial charge in [0.05, 0.1) is 5.52 Å². The lowest BCUT2D eigenvalue weighted by Crippen LogP contribution is -2.23. The smallest absolute Gasteiger partial charge is 0.414 e. The molecule has 3 N–H and O–H groups in total. The van der Waals surface area contributed by atoms with Gasteiger partial charge in [0.1, 0.15) is 23.4 Å². The molecule has 0 bridgehead atoms. The lowest BCUT2D eigenvalue weighted by molar-refractivity contribution is -0.159. The maximum atomic E-state index is 13.2. The van der Waals surface area contributed by atoms with Gasteiger partial charge in [-0.1, -0.05) is 36.4 Å². The van der Waals surface area contributed by atoms with E-state index in [1.54, 1.807) is 28.7 Å². The first-order valence-electron chi connectivity index (χ1n) is 10.7. The Labute approximate surface area is 210 Å². The van der Waals surface area contributed by atoms with Crippen molar-refractivity contribution in [2.24, 2.45) is 0 Å². The van der Waals surface area contributed by atoms with Crippen LogP contribution in [0.25, 0.3) is 10.9 Å². The zero-order valence-electron chi connectivity index (χ0n) is 18.8. The van der Waals surface area contributed by atoms with E-state index in [1.165, 1.54) is 0 Å². The number of nitrogens with one attached hydrogen (secondary N) is 1. The third-order valence-electron chi connectivity index (χ3n) is 5.14. The molecule has 3 heterocycles. The van der Waals surface area contributed by atoms with Gasteiger partial charge in [-0.05, 0) is 29.8 Å². The second-order valence-corrected chi connectivity index (χ2v) is 8.55. The molecule has 1 unspecified atom stereocenters. The van der Waals surface area contributed by atoms with Crippen LogP contribution in [0.1, 0.15) is 21.3 Å². The maximum absolute atomic E-state index is 13.2. The van der Waals surface area contributed by atoms with Gasteiger partial charge in [-0.25, -0.2) is 9.59 Å². The molecule has 36 heavy (non-hydrogen) atoms. The fourth-order valence-electron chi connectivity index (χ4n) is 3.40. The number of aromatic nitrogens is 2. The highest BCUT2D eigenvalue weighted by Gasteiger charge is 2.24. The van der Waals surface area contributed by atoms with Gasteiger partial charge in [0, 0.05) is 41.0 Å². The Morgan fingerprint density at radius 2 is 1.78 bits per heavy atom. The highest BCUT2D eigenvalue weighted by Crippen LogP contribution is 2.34. The maximum Gasteiger partial charge on any atom is 0.414 e. The molecule has 1 atom stereocenters. The summed E-state index contributed by atoms with van der Waals surface area (Å²) in [6.45, 7) is 0.483. The Hall–Kier alpha value is -4.57. The molecule has 0 saturated carbocycles. The first-order chi connectivity index (χ1) is 17.4. The van der Waals surface area contributed by atoms with Crippen molar-refractivity contribution in [3.8, 4) is 5.75 Å². The molecule has 182 valence electrons. The third-order valence-corrected chi connectivity index (χ3v) is 6.17. The van der Waals surface area contributed by atoms with E-state index in [0.717, 1.165) is 27.8 Å². The number of allylic oxidation sites excluding steroid dienone is 1. The normalized spacial score (nSPS) is 14.2. The SMILES string of the molecule is O=C(C1=CSC(c2cccnc2)N1)n1ccc2ccc(OCc3ccccc3)cc21.O=C(O)C(=O)O. The van der Waals surface area contributed by atoms with E-state index in [-0.39, 0.29) is 11.3 Å². The number of thioether (sulfide) groups is 1. The number of benzene rings is 2. The molecule has 1 aliphatic heterocycles. The van der Waals surface area contributed by atoms with E-state index in [9.17, 15) is 4.79 Å². The zero-order valence-corrected chi connectivity index (χ0v) is 19.6. The molecule has 4 aromatic rings. The molecule has 0 saturated heterocycles. The molecule has 9 nitrogen and oxygen atoms in total. The fraction of sp³-hybridized carbons (Fsp3) is 0.0769. The first kappa shape index (κ1) is 24.6. The number of carbonyl (C=O) groups is 3. The average molecular weight is 504 g/mol. The molecule has 0 fully saturated rings. The van der Waals surface area contributed by atoms with Gasteiger partial charge in [0.15, 0.2) is 0 Å². The van der Waals surface area contributed by atoms with Crippen LogP contribution in [-0.2, 0) is 16.2 Å². The van der Waals surface area contributed by atoms with Gasteiger partial charge in [-0.2, -0.15) is 0 Å². The number of pyridine rings is 1. The third kappa shape index (κ3) is 5.91. The van der Waals surface area contributed by atoms with Crippen molar-refractivity contribution in [2.45, 2.75) is 12.0 Å². The summed E-state index contributed by atoms with van der Waals surface area (Å²) in [7, 11) is 0. The van der Waals surface area contributed by atoms with Gasteiger partial charge in [0.2, 0.25) is 0 Å². The van der Waals surface area contributed by atoms with Gasteiger partial charge in [0.25, 0.3) is 5.91 Å². The molecule has 0 radical (unpaired) electrons. The Morgan fingerprint density at radius 3 is 2.47 bits per heavy atom. The lowest BCUT2D eigenvalue weighted by Gasteiger charge is -2.13. The van der Waals surface area contributed by atoms with E-state index in [0.29, 0.717) is 12.3 Å². The average Bonchev–Trinajstić information content (AvgIpc) is 3.56. The predicted octanol–water partition coefficient (Wildman–Crippen LogP) is 4.29. The summed E-state index contributed by atoms with van der Waals surface area (Å²) in [5.74, 6) is -3.01. The quantitative estimate of drug-likeness (QED) is 0.341. The van der Waals surface area contributed by atoms with Crippen molar-refractivity contribution < 1.29 is 29.3 Å². The molecular formula is C26H21N3O6S. The van der Waals surface area contributed by atoms with E-state index in [1.807, 2.05) is 78.3 Å². The standard InChI is InChI=1S/C24H19N3O2S.C2H2O4/c28-24(21-16-30-23(26-21)19-7-4-11-25-14-19)27-12-10-18-8-9-20(13-22(18)27)29-15-17-5-2-1-3-6-17;3-1(4)2(5)6/h1-14,16,23,26H,15H2;(H,3,4)(H,5,6). The van der Waals surface area contributed by atoms with Crippen molar-refractivity contribution in [1.29, 1.82) is 0 Å². The summed E-state index contributed by atoms with van der Waals surface area (Å²) in [5, 5.41) is 20.9. The fourth-order valence-corrected chi connectivity index (χ4v) is 4.33. The van der Waals surface area contributed by atoms with Gasteiger partial charge >= 0.3 is 11.9 Å². The zero-order chi connectivity index (χ0) is 25.5. The Balaban J connectivity index is 0.000000455. The second kappa shape index (κ2) is 11.2. The van der Waals surface area contributed by atoms with Crippen LogP contribution in [0.2, 0.25) is 0 Å². The number of nitrogens with zero attached hydrogens (tertiary/aromatic N) is 2. The van der Waals surface area contributed by atoms with Crippen LogP contribution in [-0.4, -0.2) is 37.6 Å². The van der Waals surface area contributed by atoms with E-state index >= 15 is 0 Å². The number of ether oxygens (including phenoxy) is 1. The topological polar surface area (TPSA) is 131 Å². The highest BCUT2D eigenvalue weighted by atomic mass is 32.2. The van der Waals surface area contributed by atoms with Crippen molar-refractivity contribution in [1.82, 2.24) is 14.9 Å². The minimum Gasteiger partial charge on any atom is -0.489 e. The second-order valence-electron chi connectivity index (χ2n) is 7.57. The van der Waals surface area contributed by atoms with Crippen molar-refractivity contribution >= 4 is 40.5 Å². The van der Waals surface area contributed by atoms with Crippen LogP contribution in [0.3, 0.4) is 0 Å². The van der Waals surface area contributed by atoms with Crippen molar-refractivity contribution in [3.05, 3.63) is 108 Å². The van der Waals surface area contributed by atoms with Crippen molar-refractivity contribution in [3.63, 3.8) is 0 Å². The van der Waals surface area contributed by atoms with E-state index < -0.39 is 11.9 Å². The highest BCUT2D eigenvalue weighted by molar-refractivity contribution is 8.02. The minimum atomic E-state index is -1.82. The number of carboxylic acid groups (broad SMARTS) is 2. The van der Waals surface area contributed by atoms with E-state index in [2.05, 4.69) is 10.3 Å². The summed E-state index contributed by atoms with van der Waals surface area (Å²) < 4.78 is 7.60. The van der Waals surface area contributed by atoms with Crippen LogP contribution in [0.4, 0.5) is 0 Å². The monoisotopic (exact) mass is 503 g/mol. The summed E-state index contributed by atoms with van der Waals surface area (Å²) in [6, 6.07) is 21.7. The number of hydrogen-bond acceptors (Lipinski definition) is 7. The van der Waals surface area contributed by atoms with Crippen LogP contribution >= 0.6 is 11.8 Å². The number of fused-ring (bicyclic) bond motifs is 1. The number of carboxylic acids is 2. The molecular weight excluding hydrogens is 482 g/mol. The molecule has 10 heteroatoms. The molecule has 0 spiro atoms. The first-order valence-corrected chi connectivity index (χ1v) is 11.7. The summed E-state index contributed by atoms with van der Waals surface area (Å²) in [5.41, 5.74) is 3.53. The van der Waals surface area contributed by atoms with Gasteiger partial charge < -0.3 is 20.3 Å². The largest absolute Gasteiger partial charge is 0.489 e. The minimum absolute atomic E-state index is 0.00996. The number of carbonyl (C=O) groups excluding carboxylic acids is 1. The summed E-state index contributed by atoms with van der Waals surface area (Å²) >= 11 is 1.57. The number of aliphatic carboxylic acids is 2. The molecule has 5 rings (SSSR count). The van der Waals surface area contributed by atoms with Gasteiger partial charge in [-0.15, -0.1) is 11.8 Å². The van der Waals surface area contributed by atoms with E-state index in [4.69, 9.17) is 24.5 Å². The molecule has 0 amide bonds. The molecule has 0 aliphatic carbocycles. The summed E-state index contributed by atoms with van der Waals surface area (Å²) in [4.78, 5) is 35.5.